The molecule has 0 bridgehead atoms. The molecule has 0 radical (unpaired) electrons. The van der Waals surface area contributed by atoms with Crippen LogP contribution in [0.4, 0.5) is 15.9 Å². The number of alkyl halides is 1. The summed E-state index contributed by atoms with van der Waals surface area (Å²) in [5, 5.41) is 14.6. The molecule has 1 aromatic heterocycles. The van der Waals surface area contributed by atoms with Gasteiger partial charge < -0.3 is 4.90 Å². The minimum atomic E-state index is -1.58. The molecule has 1 aromatic rings. The number of nitro groups is 1. The fraction of sp³-hybridized carbons (Fsp3) is 0.556. The number of hydrogen-bond donors (Lipinski definition) is 0. The van der Waals surface area contributed by atoms with Gasteiger partial charge in [0.15, 0.2) is 12.0 Å². The molecule has 0 spiro atoms. The predicted octanol–water partition coefficient (Wildman–Crippen LogP) is 0.446. The van der Waals surface area contributed by atoms with Crippen molar-refractivity contribution in [3.8, 4) is 0 Å². The summed E-state index contributed by atoms with van der Waals surface area (Å²) in [6, 6.07) is 0. The maximum absolute atomic E-state index is 13.3. The first kappa shape index (κ1) is 11.5. The highest BCUT2D eigenvalue weighted by Crippen LogP contribution is 2.29. The van der Waals surface area contributed by atoms with Gasteiger partial charge in [-0.1, -0.05) is 0 Å². The van der Waals surface area contributed by atoms with Gasteiger partial charge in [-0.05, 0) is 0 Å². The molecule has 8 heteroatoms. The number of ketones is 1. The van der Waals surface area contributed by atoms with Crippen LogP contribution < -0.4 is 4.90 Å². The maximum atomic E-state index is 13.3. The third-order valence-corrected chi connectivity index (χ3v) is 2.74. The maximum Gasteiger partial charge on any atom is 0.331 e. The lowest BCUT2D eigenvalue weighted by molar-refractivity contribution is -0.384. The van der Waals surface area contributed by atoms with Gasteiger partial charge in [-0.25, -0.2) is 9.07 Å². The van der Waals surface area contributed by atoms with Crippen LogP contribution >= 0.6 is 0 Å². The van der Waals surface area contributed by atoms with E-state index in [0.29, 0.717) is 0 Å². The third kappa shape index (κ3) is 1.97. The van der Waals surface area contributed by atoms with Crippen molar-refractivity contribution in [2.75, 3.05) is 18.0 Å². The average molecular weight is 242 g/mol. The molecule has 1 aliphatic heterocycles. The summed E-state index contributed by atoms with van der Waals surface area (Å²) in [5.41, 5.74) is -0.172. The molecule has 7 nitrogen and oxygen atoms in total. The van der Waals surface area contributed by atoms with Gasteiger partial charge in [-0.15, -0.1) is 0 Å². The van der Waals surface area contributed by atoms with Gasteiger partial charge in [-0.3, -0.25) is 14.9 Å². The zero-order chi connectivity index (χ0) is 12.6. The standard InChI is InChI=1S/C9H11FN4O3/c1-12-9(7(4-11-12)14(16)17)13-3-2-8(15)6(10)5-13/h4,6H,2-3,5H2,1H3/t6-/m1/s1. The Labute approximate surface area is 96.0 Å². The second-order valence-electron chi connectivity index (χ2n) is 3.86. The van der Waals surface area contributed by atoms with Gasteiger partial charge in [0.25, 0.3) is 0 Å². The average Bonchev–Trinajstić information content (AvgIpc) is 2.64. The highest BCUT2D eigenvalue weighted by atomic mass is 19.1. The molecule has 2 rings (SSSR count). The Morgan fingerprint density at radius 2 is 2.35 bits per heavy atom. The number of halogens is 1. The Bertz CT molecular complexity index is 473. The Morgan fingerprint density at radius 3 is 2.94 bits per heavy atom. The lowest BCUT2D eigenvalue weighted by Crippen LogP contribution is -2.43. The van der Waals surface area contributed by atoms with E-state index in [9.17, 15) is 19.3 Å². The third-order valence-electron chi connectivity index (χ3n) is 2.74. The monoisotopic (exact) mass is 242 g/mol. The molecule has 17 heavy (non-hydrogen) atoms. The van der Waals surface area contributed by atoms with Crippen LogP contribution in [0.5, 0.6) is 0 Å². The molecule has 1 aliphatic rings. The van der Waals surface area contributed by atoms with Crippen LogP contribution in [0.2, 0.25) is 0 Å². The van der Waals surface area contributed by atoms with E-state index < -0.39 is 16.9 Å². The molecule has 2 heterocycles. The Balaban J connectivity index is 2.31. The molecule has 0 unspecified atom stereocenters. The topological polar surface area (TPSA) is 81.3 Å². The van der Waals surface area contributed by atoms with Crippen molar-refractivity contribution in [2.45, 2.75) is 12.6 Å². The number of hydrogen-bond acceptors (Lipinski definition) is 5. The number of rotatable bonds is 2. The van der Waals surface area contributed by atoms with Gasteiger partial charge in [0.2, 0.25) is 5.82 Å². The smallest absolute Gasteiger partial charge is 0.331 e. The second kappa shape index (κ2) is 4.11. The molecule has 1 fully saturated rings. The molecule has 1 atom stereocenters. The van der Waals surface area contributed by atoms with Crippen molar-refractivity contribution < 1.29 is 14.1 Å². The van der Waals surface area contributed by atoms with Crippen LogP contribution in [0.1, 0.15) is 6.42 Å². The van der Waals surface area contributed by atoms with E-state index in [-0.39, 0.29) is 31.0 Å². The van der Waals surface area contributed by atoms with E-state index in [4.69, 9.17) is 0 Å². The van der Waals surface area contributed by atoms with Crippen molar-refractivity contribution in [1.29, 1.82) is 0 Å². The van der Waals surface area contributed by atoms with Gasteiger partial charge in [0.1, 0.15) is 6.20 Å². The van der Waals surface area contributed by atoms with E-state index in [2.05, 4.69) is 5.10 Å². The first-order chi connectivity index (χ1) is 8.00. The van der Waals surface area contributed by atoms with E-state index in [1.165, 1.54) is 9.58 Å². The first-order valence-corrected chi connectivity index (χ1v) is 5.09. The first-order valence-electron chi connectivity index (χ1n) is 5.09. The minimum Gasteiger partial charge on any atom is -0.347 e. The Morgan fingerprint density at radius 1 is 1.65 bits per heavy atom. The highest BCUT2D eigenvalue weighted by Gasteiger charge is 2.32. The van der Waals surface area contributed by atoms with Gasteiger partial charge in [0, 0.05) is 20.0 Å². The summed E-state index contributed by atoms with van der Waals surface area (Å²) in [4.78, 5) is 22.8. The lowest BCUT2D eigenvalue weighted by atomic mass is 10.1. The van der Waals surface area contributed by atoms with Crippen molar-refractivity contribution in [3.63, 3.8) is 0 Å². The van der Waals surface area contributed by atoms with Gasteiger partial charge in [-0.2, -0.15) is 5.10 Å². The summed E-state index contributed by atoms with van der Waals surface area (Å²) in [5.74, 6) is -0.212. The van der Waals surface area contributed by atoms with Crippen molar-refractivity contribution in [2.24, 2.45) is 7.05 Å². The Hall–Kier alpha value is -1.99. The van der Waals surface area contributed by atoms with Gasteiger partial charge in [0.05, 0.1) is 11.5 Å². The van der Waals surface area contributed by atoms with Crippen molar-refractivity contribution in [1.82, 2.24) is 9.78 Å². The molecule has 0 aromatic carbocycles. The number of carbonyl (C=O) groups excluding carboxylic acids is 1. The summed E-state index contributed by atoms with van der Waals surface area (Å²) in [7, 11) is 1.55. The zero-order valence-corrected chi connectivity index (χ0v) is 9.17. The molecular weight excluding hydrogens is 231 g/mol. The van der Waals surface area contributed by atoms with E-state index >= 15 is 0 Å². The molecule has 0 saturated carbocycles. The molecule has 0 N–H and O–H groups in total. The van der Waals surface area contributed by atoms with Crippen molar-refractivity contribution in [3.05, 3.63) is 16.3 Å². The SMILES string of the molecule is Cn1ncc([N+](=O)[O-])c1N1CCC(=O)[C@H](F)C1. The largest absolute Gasteiger partial charge is 0.347 e. The van der Waals surface area contributed by atoms with Crippen LogP contribution in [0, 0.1) is 10.1 Å². The van der Waals surface area contributed by atoms with Crippen LogP contribution in [0.3, 0.4) is 0 Å². The molecule has 0 aliphatic carbocycles. The number of anilines is 1. The van der Waals surface area contributed by atoms with E-state index in [1.807, 2.05) is 0 Å². The number of Topliss-reactive ketones (excluding diaryl/α,β-unsaturated/α-hetero) is 1. The summed E-state index contributed by atoms with van der Waals surface area (Å²) in [6.45, 7) is 0.124. The fourth-order valence-corrected chi connectivity index (χ4v) is 1.90. The number of aromatic nitrogens is 2. The van der Waals surface area contributed by atoms with Gasteiger partial charge >= 0.3 is 5.69 Å². The van der Waals surface area contributed by atoms with Crippen LogP contribution in [-0.2, 0) is 11.8 Å². The minimum absolute atomic E-state index is 0.0590. The molecule has 0 amide bonds. The van der Waals surface area contributed by atoms with Crippen LogP contribution in [0.25, 0.3) is 0 Å². The van der Waals surface area contributed by atoms with Crippen molar-refractivity contribution >= 4 is 17.3 Å². The summed E-state index contributed by atoms with van der Waals surface area (Å²) < 4.78 is 14.6. The lowest BCUT2D eigenvalue weighted by Gasteiger charge is -2.28. The van der Waals surface area contributed by atoms with E-state index in [1.54, 1.807) is 7.05 Å². The second-order valence-corrected chi connectivity index (χ2v) is 3.86. The Kier molecular flexibility index (Phi) is 2.78. The quantitative estimate of drug-likeness (QED) is 0.555. The number of carbonyl (C=O) groups is 1. The number of piperidine rings is 1. The molecular formula is C9H11FN4O3. The summed E-state index contributed by atoms with van der Waals surface area (Å²) >= 11 is 0. The van der Waals surface area contributed by atoms with Crippen LogP contribution in [0.15, 0.2) is 6.20 Å². The highest BCUT2D eigenvalue weighted by molar-refractivity contribution is 5.85. The predicted molar refractivity (Wildman–Crippen MR) is 56.6 cm³/mol. The van der Waals surface area contributed by atoms with E-state index in [0.717, 1.165) is 6.20 Å². The molecule has 1 saturated heterocycles. The molecule has 92 valence electrons. The number of aryl methyl sites for hydroxylation is 1. The van der Waals surface area contributed by atoms with Crippen LogP contribution in [-0.4, -0.2) is 39.7 Å². The zero-order valence-electron chi connectivity index (χ0n) is 9.17. The number of nitrogens with zero attached hydrogens (tertiary/aromatic N) is 4. The fourth-order valence-electron chi connectivity index (χ4n) is 1.90. The summed E-state index contributed by atoms with van der Waals surface area (Å²) in [6.07, 6.45) is -0.402. The normalized spacial score (nSPS) is 20.7.